The molecule has 0 saturated carbocycles. The number of amides is 1. The zero-order valence-electron chi connectivity index (χ0n) is 16.9. The summed E-state index contributed by atoms with van der Waals surface area (Å²) in [5, 5.41) is 8.34. The van der Waals surface area contributed by atoms with Gasteiger partial charge in [0.25, 0.3) is 0 Å². The SMILES string of the molecule is COc1ccc(C(NC(=O)CN2CCc3cc(S(N)(=O)=O)ccc32)C(C)C)cc1. The number of primary sulfonamides is 1. The Bertz CT molecular complexity index is 987. The maximum absolute atomic E-state index is 12.8. The molecule has 2 aromatic carbocycles. The maximum Gasteiger partial charge on any atom is 0.240 e. The Morgan fingerprint density at radius 3 is 2.48 bits per heavy atom. The van der Waals surface area contributed by atoms with E-state index in [0.717, 1.165) is 22.6 Å². The Morgan fingerprint density at radius 1 is 1.21 bits per heavy atom. The topological polar surface area (TPSA) is 102 Å². The monoisotopic (exact) mass is 417 g/mol. The number of carbonyl (C=O) groups is 1. The Kier molecular flexibility index (Phi) is 6.14. The molecule has 0 saturated heterocycles. The van der Waals surface area contributed by atoms with Crippen molar-refractivity contribution in [2.75, 3.05) is 25.1 Å². The van der Waals surface area contributed by atoms with Gasteiger partial charge < -0.3 is 15.0 Å². The number of anilines is 1. The summed E-state index contributed by atoms with van der Waals surface area (Å²) in [4.78, 5) is 14.8. The predicted molar refractivity (Wildman–Crippen MR) is 112 cm³/mol. The van der Waals surface area contributed by atoms with Crippen molar-refractivity contribution in [3.63, 3.8) is 0 Å². The van der Waals surface area contributed by atoms with E-state index >= 15 is 0 Å². The molecular weight excluding hydrogens is 390 g/mol. The fraction of sp³-hybridized carbons (Fsp3) is 0.381. The number of rotatable bonds is 7. The van der Waals surface area contributed by atoms with Crippen molar-refractivity contribution in [1.82, 2.24) is 5.32 Å². The van der Waals surface area contributed by atoms with E-state index in [1.165, 1.54) is 6.07 Å². The number of carbonyl (C=O) groups excluding carboxylic acids is 1. The molecule has 7 nitrogen and oxygen atoms in total. The highest BCUT2D eigenvalue weighted by atomic mass is 32.2. The van der Waals surface area contributed by atoms with E-state index in [1.807, 2.05) is 29.2 Å². The highest BCUT2D eigenvalue weighted by molar-refractivity contribution is 7.89. The first-order valence-electron chi connectivity index (χ1n) is 9.53. The summed E-state index contributed by atoms with van der Waals surface area (Å²) in [6.07, 6.45) is 0.679. The number of nitrogens with one attached hydrogen (secondary N) is 1. The van der Waals surface area contributed by atoms with Crippen molar-refractivity contribution >= 4 is 21.6 Å². The van der Waals surface area contributed by atoms with Crippen LogP contribution in [0.2, 0.25) is 0 Å². The van der Waals surface area contributed by atoms with Crippen molar-refractivity contribution in [2.45, 2.75) is 31.2 Å². The zero-order valence-corrected chi connectivity index (χ0v) is 17.7. The fourth-order valence-electron chi connectivity index (χ4n) is 3.63. The van der Waals surface area contributed by atoms with Gasteiger partial charge in [-0.2, -0.15) is 0 Å². The summed E-state index contributed by atoms with van der Waals surface area (Å²) in [7, 11) is -2.11. The zero-order chi connectivity index (χ0) is 21.2. The highest BCUT2D eigenvalue weighted by Crippen LogP contribution is 2.30. The van der Waals surface area contributed by atoms with Crippen LogP contribution in [0.25, 0.3) is 0 Å². The normalized spacial score (nSPS) is 14.6. The number of benzene rings is 2. The van der Waals surface area contributed by atoms with Crippen LogP contribution in [-0.4, -0.2) is 34.5 Å². The lowest BCUT2D eigenvalue weighted by Gasteiger charge is -2.25. The molecule has 1 unspecified atom stereocenters. The fourth-order valence-corrected chi connectivity index (χ4v) is 4.19. The molecule has 3 rings (SSSR count). The van der Waals surface area contributed by atoms with Crippen LogP contribution in [0.1, 0.15) is 31.0 Å². The second-order valence-electron chi connectivity index (χ2n) is 7.57. The Labute approximate surface area is 171 Å². The molecule has 1 heterocycles. The molecule has 0 aromatic heterocycles. The molecule has 0 spiro atoms. The number of hydrogen-bond donors (Lipinski definition) is 2. The third-order valence-corrected chi connectivity index (χ3v) is 6.07. The Balaban J connectivity index is 1.70. The van der Waals surface area contributed by atoms with Gasteiger partial charge in [0.1, 0.15) is 5.75 Å². The van der Waals surface area contributed by atoms with Gasteiger partial charge in [0.05, 0.1) is 24.6 Å². The summed E-state index contributed by atoms with van der Waals surface area (Å²) in [5.74, 6) is 0.911. The van der Waals surface area contributed by atoms with Crippen LogP contribution in [0.4, 0.5) is 5.69 Å². The van der Waals surface area contributed by atoms with Gasteiger partial charge in [-0.05, 0) is 53.8 Å². The van der Waals surface area contributed by atoms with Gasteiger partial charge in [0, 0.05) is 12.2 Å². The van der Waals surface area contributed by atoms with Gasteiger partial charge in [-0.1, -0.05) is 26.0 Å². The standard InChI is InChI=1S/C21H27N3O4S/c1-14(2)21(15-4-6-17(28-3)7-5-15)23-20(25)13-24-11-10-16-12-18(29(22,26)27)8-9-19(16)24/h4-9,12,14,21H,10-11,13H2,1-3H3,(H,23,25)(H2,22,26,27). The van der Waals surface area contributed by atoms with Crippen molar-refractivity contribution < 1.29 is 17.9 Å². The summed E-state index contributed by atoms with van der Waals surface area (Å²) in [6, 6.07) is 12.4. The molecule has 1 aliphatic rings. The first kappa shape index (κ1) is 21.1. The molecule has 29 heavy (non-hydrogen) atoms. The number of sulfonamides is 1. The van der Waals surface area contributed by atoms with E-state index in [9.17, 15) is 13.2 Å². The maximum atomic E-state index is 12.8. The van der Waals surface area contributed by atoms with Crippen LogP contribution in [0.15, 0.2) is 47.4 Å². The predicted octanol–water partition coefficient (Wildman–Crippen LogP) is 2.22. The van der Waals surface area contributed by atoms with Gasteiger partial charge >= 0.3 is 0 Å². The van der Waals surface area contributed by atoms with E-state index in [1.54, 1.807) is 19.2 Å². The van der Waals surface area contributed by atoms with E-state index < -0.39 is 10.0 Å². The molecule has 0 fully saturated rings. The van der Waals surface area contributed by atoms with Crippen LogP contribution in [0.5, 0.6) is 5.75 Å². The molecule has 2 aromatic rings. The number of methoxy groups -OCH3 is 1. The molecule has 8 heteroatoms. The molecule has 1 atom stereocenters. The lowest BCUT2D eigenvalue weighted by molar-refractivity contribution is -0.120. The van der Waals surface area contributed by atoms with Crippen molar-refractivity contribution in [1.29, 1.82) is 0 Å². The third-order valence-electron chi connectivity index (χ3n) is 5.16. The van der Waals surface area contributed by atoms with Gasteiger partial charge in [-0.15, -0.1) is 0 Å². The smallest absolute Gasteiger partial charge is 0.240 e. The number of nitrogens with zero attached hydrogens (tertiary/aromatic N) is 1. The van der Waals surface area contributed by atoms with Gasteiger partial charge in [0.2, 0.25) is 15.9 Å². The summed E-state index contributed by atoms with van der Waals surface area (Å²) >= 11 is 0. The minimum absolute atomic E-state index is 0.0807. The van der Waals surface area contributed by atoms with Crippen molar-refractivity contribution in [2.24, 2.45) is 11.1 Å². The average molecular weight is 418 g/mol. The second kappa shape index (κ2) is 8.42. The first-order valence-corrected chi connectivity index (χ1v) is 11.1. The number of fused-ring (bicyclic) bond motifs is 1. The molecule has 0 aliphatic carbocycles. The molecular formula is C21H27N3O4S. The molecule has 0 bridgehead atoms. The molecule has 1 aliphatic heterocycles. The summed E-state index contributed by atoms with van der Waals surface area (Å²) < 4.78 is 28.3. The minimum Gasteiger partial charge on any atom is -0.497 e. The van der Waals surface area contributed by atoms with Gasteiger partial charge in [-0.25, -0.2) is 13.6 Å². The lowest BCUT2D eigenvalue weighted by atomic mass is 9.96. The van der Waals surface area contributed by atoms with Gasteiger partial charge in [0.15, 0.2) is 0 Å². The van der Waals surface area contributed by atoms with Crippen LogP contribution in [0.3, 0.4) is 0 Å². The summed E-state index contributed by atoms with van der Waals surface area (Å²) in [5.41, 5.74) is 2.78. The van der Waals surface area contributed by atoms with E-state index in [4.69, 9.17) is 9.88 Å². The Morgan fingerprint density at radius 2 is 1.90 bits per heavy atom. The quantitative estimate of drug-likeness (QED) is 0.719. The van der Waals surface area contributed by atoms with Crippen LogP contribution in [0, 0.1) is 5.92 Å². The number of ether oxygens (including phenoxy) is 1. The van der Waals surface area contributed by atoms with Crippen molar-refractivity contribution in [3.8, 4) is 5.75 Å². The van der Waals surface area contributed by atoms with Crippen LogP contribution in [-0.2, 0) is 21.2 Å². The lowest BCUT2D eigenvalue weighted by Crippen LogP contribution is -2.39. The van der Waals surface area contributed by atoms with E-state index in [2.05, 4.69) is 19.2 Å². The minimum atomic E-state index is -3.73. The van der Waals surface area contributed by atoms with Crippen molar-refractivity contribution in [3.05, 3.63) is 53.6 Å². The summed E-state index contributed by atoms with van der Waals surface area (Å²) in [6.45, 7) is 5.00. The molecule has 156 valence electrons. The highest BCUT2D eigenvalue weighted by Gasteiger charge is 2.25. The third kappa shape index (κ3) is 4.89. The first-order chi connectivity index (χ1) is 13.7. The van der Waals surface area contributed by atoms with Crippen LogP contribution < -0.4 is 20.1 Å². The van der Waals surface area contributed by atoms with E-state index in [0.29, 0.717) is 13.0 Å². The second-order valence-corrected chi connectivity index (χ2v) is 9.13. The molecule has 3 N–H and O–H groups in total. The van der Waals surface area contributed by atoms with E-state index in [-0.39, 0.29) is 29.3 Å². The molecule has 0 radical (unpaired) electrons. The van der Waals surface area contributed by atoms with Gasteiger partial charge in [-0.3, -0.25) is 4.79 Å². The molecule has 1 amide bonds. The number of nitrogens with two attached hydrogens (primary N) is 1. The van der Waals surface area contributed by atoms with Crippen LogP contribution >= 0.6 is 0 Å². The Hall–Kier alpha value is -2.58. The largest absolute Gasteiger partial charge is 0.497 e. The average Bonchev–Trinajstić information content (AvgIpc) is 3.07. The number of hydrogen-bond acceptors (Lipinski definition) is 5.